The van der Waals surface area contributed by atoms with E-state index in [0.717, 1.165) is 6.07 Å². The van der Waals surface area contributed by atoms with Crippen molar-refractivity contribution in [2.45, 2.75) is 12.5 Å². The zero-order valence-electron chi connectivity index (χ0n) is 7.93. The van der Waals surface area contributed by atoms with E-state index in [-0.39, 0.29) is 11.3 Å². The Morgan fingerprint density at radius 1 is 1.50 bits per heavy atom. The number of nitriles is 1. The molecule has 0 aliphatic rings. The van der Waals surface area contributed by atoms with Crippen molar-refractivity contribution in [1.29, 1.82) is 5.26 Å². The van der Waals surface area contributed by atoms with Gasteiger partial charge in [0.1, 0.15) is 5.75 Å². The summed E-state index contributed by atoms with van der Waals surface area (Å²) in [4.78, 5) is 10.7. The summed E-state index contributed by atoms with van der Waals surface area (Å²) in [5, 5.41) is 17.3. The number of hydrogen-bond acceptors (Lipinski definition) is 3. The first-order valence-corrected chi connectivity index (χ1v) is 4.21. The Bertz CT molecular complexity index is 428. The molecule has 1 N–H and O–H groups in total. The summed E-state index contributed by atoms with van der Waals surface area (Å²) < 4.78 is 27.9. The zero-order valence-corrected chi connectivity index (χ0v) is 7.93. The number of aliphatic carboxylic acids is 1. The second-order valence-electron chi connectivity index (χ2n) is 2.85. The predicted molar refractivity (Wildman–Crippen MR) is 49.1 cm³/mol. The molecule has 0 amide bonds. The summed E-state index contributed by atoms with van der Waals surface area (Å²) in [7, 11) is 0. The average molecular weight is 227 g/mol. The minimum Gasteiger partial charge on any atom is -0.480 e. The van der Waals surface area contributed by atoms with E-state index >= 15 is 0 Å². The van der Waals surface area contributed by atoms with E-state index in [1.54, 1.807) is 6.07 Å². The minimum atomic E-state index is -2.99. The van der Waals surface area contributed by atoms with Crippen molar-refractivity contribution in [2.24, 2.45) is 0 Å². The molecule has 84 valence electrons. The van der Waals surface area contributed by atoms with Gasteiger partial charge in [0, 0.05) is 0 Å². The fourth-order valence-electron chi connectivity index (χ4n) is 1.14. The van der Waals surface area contributed by atoms with E-state index < -0.39 is 18.5 Å². The number of carboxylic acids is 1. The van der Waals surface area contributed by atoms with E-state index in [1.807, 2.05) is 0 Å². The van der Waals surface area contributed by atoms with Crippen molar-refractivity contribution in [3.8, 4) is 11.8 Å². The van der Waals surface area contributed by atoms with E-state index in [2.05, 4.69) is 4.74 Å². The molecule has 6 heteroatoms. The molecular weight excluding hydrogens is 220 g/mol. The number of alkyl halides is 2. The fourth-order valence-corrected chi connectivity index (χ4v) is 1.14. The second-order valence-corrected chi connectivity index (χ2v) is 2.85. The Hall–Kier alpha value is -2.16. The Labute approximate surface area is 89.7 Å². The highest BCUT2D eigenvalue weighted by molar-refractivity contribution is 5.79. The molecule has 4 nitrogen and oxygen atoms in total. The van der Waals surface area contributed by atoms with Gasteiger partial charge in [-0.1, -0.05) is 12.1 Å². The van der Waals surface area contributed by atoms with Crippen LogP contribution in [0.15, 0.2) is 24.3 Å². The van der Waals surface area contributed by atoms with Gasteiger partial charge in [-0.25, -0.2) is 0 Å². The Morgan fingerprint density at radius 3 is 2.69 bits per heavy atom. The molecule has 0 bridgehead atoms. The van der Waals surface area contributed by atoms with Gasteiger partial charge in [0.25, 0.3) is 0 Å². The smallest absolute Gasteiger partial charge is 0.387 e. The highest BCUT2D eigenvalue weighted by Crippen LogP contribution is 2.22. The second kappa shape index (κ2) is 5.07. The van der Waals surface area contributed by atoms with Gasteiger partial charge in [0.05, 0.1) is 6.07 Å². The molecule has 1 aromatic carbocycles. The molecule has 0 spiro atoms. The zero-order chi connectivity index (χ0) is 12.1. The molecule has 0 aliphatic carbocycles. The maximum absolute atomic E-state index is 11.9. The van der Waals surface area contributed by atoms with Crippen LogP contribution in [0.3, 0.4) is 0 Å². The molecule has 0 radical (unpaired) electrons. The van der Waals surface area contributed by atoms with Crippen molar-refractivity contribution in [3.63, 3.8) is 0 Å². The van der Waals surface area contributed by atoms with Gasteiger partial charge >= 0.3 is 12.6 Å². The third-order valence-electron chi connectivity index (χ3n) is 1.79. The predicted octanol–water partition coefficient (Wildman–Crippen LogP) is 1.98. The lowest BCUT2D eigenvalue weighted by molar-refractivity contribution is -0.137. The molecule has 1 rings (SSSR count). The summed E-state index contributed by atoms with van der Waals surface area (Å²) in [5.74, 6) is -2.90. The Balaban J connectivity index is 2.98. The van der Waals surface area contributed by atoms with Gasteiger partial charge in [-0.05, 0) is 17.7 Å². The quantitative estimate of drug-likeness (QED) is 0.853. The van der Waals surface area contributed by atoms with Crippen LogP contribution in [0.2, 0.25) is 0 Å². The van der Waals surface area contributed by atoms with Crippen molar-refractivity contribution in [2.75, 3.05) is 0 Å². The topological polar surface area (TPSA) is 70.3 Å². The number of benzene rings is 1. The maximum atomic E-state index is 11.9. The molecular formula is C10H7F2NO3. The minimum absolute atomic E-state index is 0.105. The van der Waals surface area contributed by atoms with Crippen LogP contribution < -0.4 is 4.74 Å². The lowest BCUT2D eigenvalue weighted by Crippen LogP contribution is -2.10. The van der Waals surface area contributed by atoms with Crippen molar-refractivity contribution in [1.82, 2.24) is 0 Å². The third kappa shape index (κ3) is 2.92. The average Bonchev–Trinajstić information content (AvgIpc) is 2.17. The monoisotopic (exact) mass is 227 g/mol. The lowest BCUT2D eigenvalue weighted by atomic mass is 10.0. The fraction of sp³-hybridized carbons (Fsp3) is 0.200. The van der Waals surface area contributed by atoms with E-state index in [4.69, 9.17) is 10.4 Å². The molecule has 0 fully saturated rings. The number of halogens is 2. The van der Waals surface area contributed by atoms with Crippen LogP contribution in [0.4, 0.5) is 8.78 Å². The van der Waals surface area contributed by atoms with Crippen LogP contribution in [0.25, 0.3) is 0 Å². The largest absolute Gasteiger partial charge is 0.480 e. The van der Waals surface area contributed by atoms with Gasteiger partial charge in [0.2, 0.25) is 0 Å². The van der Waals surface area contributed by atoms with Gasteiger partial charge < -0.3 is 9.84 Å². The summed E-state index contributed by atoms with van der Waals surface area (Å²) in [6, 6.07) is 6.63. The number of hydrogen-bond donors (Lipinski definition) is 1. The van der Waals surface area contributed by atoms with Crippen LogP contribution in [-0.4, -0.2) is 17.7 Å². The summed E-state index contributed by atoms with van der Waals surface area (Å²) in [6.45, 7) is -2.99. The normalized spacial score (nSPS) is 11.9. The summed E-state index contributed by atoms with van der Waals surface area (Å²) in [5.41, 5.74) is 0.105. The number of ether oxygens (including phenoxy) is 1. The standard InChI is InChI=1S/C10H7F2NO3/c11-10(12)16-7-3-1-2-6(4-7)8(5-13)9(14)15/h1-4,8,10H,(H,14,15). The van der Waals surface area contributed by atoms with Crippen LogP contribution in [0.1, 0.15) is 11.5 Å². The van der Waals surface area contributed by atoms with Gasteiger partial charge in [-0.15, -0.1) is 0 Å². The van der Waals surface area contributed by atoms with Gasteiger partial charge in [0.15, 0.2) is 5.92 Å². The van der Waals surface area contributed by atoms with Crippen LogP contribution >= 0.6 is 0 Å². The molecule has 1 aromatic rings. The summed E-state index contributed by atoms with van der Waals surface area (Å²) >= 11 is 0. The molecule has 1 atom stereocenters. The Kier molecular flexibility index (Phi) is 3.78. The Morgan fingerprint density at radius 2 is 2.19 bits per heavy atom. The van der Waals surface area contributed by atoms with Crippen molar-refractivity contribution >= 4 is 5.97 Å². The molecule has 0 saturated heterocycles. The molecule has 1 unspecified atom stereocenters. The summed E-state index contributed by atoms with van der Waals surface area (Å²) in [6.07, 6.45) is 0. The maximum Gasteiger partial charge on any atom is 0.387 e. The molecule has 0 aliphatic heterocycles. The van der Waals surface area contributed by atoms with Crippen LogP contribution in [0, 0.1) is 11.3 Å². The molecule has 0 aromatic heterocycles. The first-order chi connectivity index (χ1) is 7.54. The SMILES string of the molecule is N#CC(C(=O)O)c1cccc(OC(F)F)c1. The number of carbonyl (C=O) groups is 1. The highest BCUT2D eigenvalue weighted by atomic mass is 19.3. The number of carboxylic acid groups (broad SMARTS) is 1. The van der Waals surface area contributed by atoms with E-state index in [1.165, 1.54) is 18.2 Å². The first-order valence-electron chi connectivity index (χ1n) is 4.21. The van der Waals surface area contributed by atoms with Gasteiger partial charge in [-0.2, -0.15) is 14.0 Å². The van der Waals surface area contributed by atoms with Crippen molar-refractivity contribution in [3.05, 3.63) is 29.8 Å². The molecule has 16 heavy (non-hydrogen) atoms. The number of rotatable bonds is 4. The van der Waals surface area contributed by atoms with Crippen LogP contribution in [0.5, 0.6) is 5.75 Å². The third-order valence-corrected chi connectivity index (χ3v) is 1.79. The highest BCUT2D eigenvalue weighted by Gasteiger charge is 2.19. The molecule has 0 heterocycles. The number of nitrogens with zero attached hydrogens (tertiary/aromatic N) is 1. The first kappa shape index (κ1) is 11.9. The van der Waals surface area contributed by atoms with Crippen molar-refractivity contribution < 1.29 is 23.4 Å². The van der Waals surface area contributed by atoms with Crippen LogP contribution in [-0.2, 0) is 4.79 Å². The lowest BCUT2D eigenvalue weighted by Gasteiger charge is -2.07. The molecule has 0 saturated carbocycles. The van der Waals surface area contributed by atoms with E-state index in [0.29, 0.717) is 0 Å². The van der Waals surface area contributed by atoms with E-state index in [9.17, 15) is 13.6 Å². The van der Waals surface area contributed by atoms with Gasteiger partial charge in [-0.3, -0.25) is 4.79 Å².